The molecule has 0 spiro atoms. The van der Waals surface area contributed by atoms with Crippen molar-refractivity contribution in [1.82, 2.24) is 14.8 Å². The van der Waals surface area contributed by atoms with Crippen LogP contribution in [0.4, 0.5) is 5.82 Å². The van der Waals surface area contributed by atoms with Crippen molar-refractivity contribution in [2.45, 2.75) is 52.5 Å². The third-order valence-corrected chi connectivity index (χ3v) is 3.89. The standard InChI is InChI=1S/C17H24N4O.ClH/c1-4-15(5-2)21-17(13(3)11-19-21)20-16(22)9-8-14-7-6-10-18-12-14;/h6-7,10-12,15H,4-5,8-9H2,1-3H3,(H,20,22);1H. The fraction of sp³-hybridized carbons (Fsp3) is 0.471. The first-order chi connectivity index (χ1) is 10.7. The summed E-state index contributed by atoms with van der Waals surface area (Å²) in [6, 6.07) is 4.20. The van der Waals surface area contributed by atoms with Crippen LogP contribution in [0.15, 0.2) is 30.7 Å². The van der Waals surface area contributed by atoms with Crippen LogP contribution in [-0.4, -0.2) is 20.7 Å². The van der Waals surface area contributed by atoms with Gasteiger partial charge in [0.25, 0.3) is 0 Å². The largest absolute Gasteiger partial charge is 0.311 e. The van der Waals surface area contributed by atoms with Crippen LogP contribution in [0, 0.1) is 6.92 Å². The molecule has 2 rings (SSSR count). The zero-order valence-electron chi connectivity index (χ0n) is 14.0. The van der Waals surface area contributed by atoms with Gasteiger partial charge >= 0.3 is 0 Å². The molecular weight excluding hydrogens is 312 g/mol. The Hall–Kier alpha value is -1.88. The van der Waals surface area contributed by atoms with Crippen LogP contribution < -0.4 is 5.32 Å². The highest BCUT2D eigenvalue weighted by Crippen LogP contribution is 2.23. The van der Waals surface area contributed by atoms with Gasteiger partial charge in [0.15, 0.2) is 0 Å². The van der Waals surface area contributed by atoms with E-state index in [1.165, 1.54) is 0 Å². The molecule has 0 bridgehead atoms. The van der Waals surface area contributed by atoms with Crippen LogP contribution in [-0.2, 0) is 11.2 Å². The lowest BCUT2D eigenvalue weighted by atomic mass is 10.1. The highest BCUT2D eigenvalue weighted by molar-refractivity contribution is 5.90. The minimum atomic E-state index is 0. The van der Waals surface area contributed by atoms with Crippen molar-refractivity contribution < 1.29 is 4.79 Å². The first-order valence-electron chi connectivity index (χ1n) is 7.88. The second-order valence-electron chi connectivity index (χ2n) is 5.50. The van der Waals surface area contributed by atoms with E-state index in [4.69, 9.17) is 0 Å². The summed E-state index contributed by atoms with van der Waals surface area (Å²) in [4.78, 5) is 16.3. The topological polar surface area (TPSA) is 59.8 Å². The number of amides is 1. The highest BCUT2D eigenvalue weighted by Gasteiger charge is 2.16. The van der Waals surface area contributed by atoms with Gasteiger partial charge in [-0.2, -0.15) is 5.10 Å². The zero-order valence-corrected chi connectivity index (χ0v) is 14.8. The number of hydrogen-bond donors (Lipinski definition) is 1. The molecule has 1 amide bonds. The maximum Gasteiger partial charge on any atom is 0.225 e. The minimum Gasteiger partial charge on any atom is -0.311 e. The molecule has 2 heterocycles. The number of rotatable bonds is 7. The third-order valence-electron chi connectivity index (χ3n) is 3.89. The Kier molecular flexibility index (Phi) is 7.75. The van der Waals surface area contributed by atoms with Crippen molar-refractivity contribution in [3.8, 4) is 0 Å². The van der Waals surface area contributed by atoms with Crippen LogP contribution in [0.2, 0.25) is 0 Å². The van der Waals surface area contributed by atoms with E-state index in [2.05, 4.69) is 29.2 Å². The Morgan fingerprint density at radius 2 is 2.04 bits per heavy atom. The van der Waals surface area contributed by atoms with Gasteiger partial charge in [0.05, 0.1) is 12.2 Å². The molecule has 0 unspecified atom stereocenters. The van der Waals surface area contributed by atoms with Crippen molar-refractivity contribution in [3.05, 3.63) is 41.9 Å². The summed E-state index contributed by atoms with van der Waals surface area (Å²) in [7, 11) is 0. The highest BCUT2D eigenvalue weighted by atomic mass is 35.5. The third kappa shape index (κ3) is 5.06. The second kappa shape index (κ2) is 9.30. The predicted molar refractivity (Wildman–Crippen MR) is 95.0 cm³/mol. The van der Waals surface area contributed by atoms with Gasteiger partial charge in [0.2, 0.25) is 5.91 Å². The molecule has 5 nitrogen and oxygen atoms in total. The molecule has 0 aliphatic heterocycles. The first kappa shape index (κ1) is 19.2. The van der Waals surface area contributed by atoms with Gasteiger partial charge in [0, 0.05) is 24.4 Å². The maximum atomic E-state index is 12.2. The fourth-order valence-electron chi connectivity index (χ4n) is 2.51. The molecule has 0 fully saturated rings. The summed E-state index contributed by atoms with van der Waals surface area (Å²) >= 11 is 0. The lowest BCUT2D eigenvalue weighted by molar-refractivity contribution is -0.116. The van der Waals surface area contributed by atoms with Gasteiger partial charge < -0.3 is 5.32 Å². The quantitative estimate of drug-likeness (QED) is 0.833. The number of carbonyl (C=O) groups excluding carboxylic acids is 1. The van der Waals surface area contributed by atoms with Gasteiger partial charge in [-0.3, -0.25) is 9.78 Å². The molecule has 2 aromatic rings. The molecule has 0 aliphatic carbocycles. The molecule has 0 saturated heterocycles. The minimum absolute atomic E-state index is 0. The number of hydrogen-bond acceptors (Lipinski definition) is 3. The summed E-state index contributed by atoms with van der Waals surface area (Å²) in [6.45, 7) is 6.25. The van der Waals surface area contributed by atoms with E-state index in [-0.39, 0.29) is 18.3 Å². The van der Waals surface area contributed by atoms with Crippen molar-refractivity contribution in [2.75, 3.05) is 5.32 Å². The molecule has 6 heteroatoms. The number of carbonyl (C=O) groups is 1. The first-order valence-corrected chi connectivity index (χ1v) is 7.88. The number of pyridine rings is 1. The average Bonchev–Trinajstić information content (AvgIpc) is 2.89. The Bertz CT molecular complexity index is 608. The van der Waals surface area contributed by atoms with Gasteiger partial charge in [0.1, 0.15) is 5.82 Å². The maximum absolute atomic E-state index is 12.2. The van der Waals surface area contributed by atoms with E-state index in [1.54, 1.807) is 12.4 Å². The molecule has 0 radical (unpaired) electrons. The molecule has 2 aromatic heterocycles. The Morgan fingerprint density at radius 1 is 1.30 bits per heavy atom. The lowest BCUT2D eigenvalue weighted by Gasteiger charge is -2.17. The van der Waals surface area contributed by atoms with Crippen molar-refractivity contribution in [3.63, 3.8) is 0 Å². The van der Waals surface area contributed by atoms with Crippen LogP contribution in [0.25, 0.3) is 0 Å². The lowest BCUT2D eigenvalue weighted by Crippen LogP contribution is -2.19. The van der Waals surface area contributed by atoms with E-state index in [9.17, 15) is 4.79 Å². The summed E-state index contributed by atoms with van der Waals surface area (Å²) < 4.78 is 1.94. The van der Waals surface area contributed by atoms with Crippen LogP contribution in [0.3, 0.4) is 0 Å². The molecule has 23 heavy (non-hydrogen) atoms. The summed E-state index contributed by atoms with van der Waals surface area (Å²) in [5.74, 6) is 0.838. The van der Waals surface area contributed by atoms with E-state index in [0.717, 1.165) is 29.8 Å². The van der Waals surface area contributed by atoms with Crippen LogP contribution in [0.5, 0.6) is 0 Å². The Labute approximate surface area is 143 Å². The summed E-state index contributed by atoms with van der Waals surface area (Å²) in [5.41, 5.74) is 2.07. The normalized spacial score (nSPS) is 10.4. The number of nitrogens with zero attached hydrogens (tertiary/aromatic N) is 3. The van der Waals surface area contributed by atoms with Crippen molar-refractivity contribution in [2.24, 2.45) is 0 Å². The van der Waals surface area contributed by atoms with Gasteiger partial charge in [-0.1, -0.05) is 19.9 Å². The number of aryl methyl sites for hydroxylation is 2. The molecule has 0 aliphatic rings. The van der Waals surface area contributed by atoms with Crippen molar-refractivity contribution >= 4 is 24.1 Å². The molecule has 1 N–H and O–H groups in total. The number of halogens is 1. The van der Waals surface area contributed by atoms with Crippen LogP contribution in [0.1, 0.15) is 50.3 Å². The predicted octanol–water partition coefficient (Wildman–Crippen LogP) is 3.94. The van der Waals surface area contributed by atoms with Crippen LogP contribution >= 0.6 is 12.4 Å². The number of anilines is 1. The van der Waals surface area contributed by atoms with Gasteiger partial charge in [-0.25, -0.2) is 4.68 Å². The zero-order chi connectivity index (χ0) is 15.9. The summed E-state index contributed by atoms with van der Waals surface area (Å²) in [5, 5.41) is 7.44. The number of aromatic nitrogens is 3. The molecule has 0 saturated carbocycles. The SMILES string of the molecule is CCC(CC)n1ncc(C)c1NC(=O)CCc1cccnc1.Cl. The molecule has 0 aromatic carbocycles. The molecule has 0 atom stereocenters. The van der Waals surface area contributed by atoms with Gasteiger partial charge in [-0.05, 0) is 37.8 Å². The number of nitrogens with one attached hydrogen (secondary N) is 1. The Morgan fingerprint density at radius 3 is 2.65 bits per heavy atom. The van der Waals surface area contributed by atoms with E-state index >= 15 is 0 Å². The smallest absolute Gasteiger partial charge is 0.225 e. The van der Waals surface area contributed by atoms with E-state index in [0.29, 0.717) is 18.9 Å². The average molecular weight is 337 g/mol. The molecular formula is C17H25ClN4O. The fourth-order valence-corrected chi connectivity index (χ4v) is 2.51. The summed E-state index contributed by atoms with van der Waals surface area (Å²) in [6.07, 6.45) is 8.48. The van der Waals surface area contributed by atoms with Gasteiger partial charge in [-0.15, -0.1) is 12.4 Å². The molecule has 126 valence electrons. The van der Waals surface area contributed by atoms with E-state index in [1.807, 2.05) is 29.9 Å². The monoisotopic (exact) mass is 336 g/mol. The second-order valence-corrected chi connectivity index (χ2v) is 5.50. The van der Waals surface area contributed by atoms with Crippen molar-refractivity contribution in [1.29, 1.82) is 0 Å². The Balaban J connectivity index is 0.00000264. The van der Waals surface area contributed by atoms with E-state index < -0.39 is 0 Å².